The standard InChI is InChI=1S/C9H13BrN2O3S2/c10-7-4-5-9(16-7)17(14,15)12-6-2-1-3-8(11)13/h4-5,12H,1-3,6H2,(H2,11,13). The molecule has 17 heavy (non-hydrogen) atoms. The van der Waals surface area contributed by atoms with Crippen LogP contribution in [0.1, 0.15) is 19.3 Å². The highest BCUT2D eigenvalue weighted by atomic mass is 79.9. The monoisotopic (exact) mass is 340 g/mol. The summed E-state index contributed by atoms with van der Waals surface area (Å²) in [6.07, 6.45) is 1.47. The fourth-order valence-corrected chi connectivity index (χ4v) is 4.27. The van der Waals surface area contributed by atoms with Crippen molar-refractivity contribution in [1.82, 2.24) is 4.72 Å². The molecule has 0 aliphatic heterocycles. The molecule has 0 fully saturated rings. The van der Waals surface area contributed by atoms with Gasteiger partial charge in [-0.25, -0.2) is 13.1 Å². The zero-order chi connectivity index (χ0) is 12.9. The Morgan fingerprint density at radius 1 is 1.41 bits per heavy atom. The summed E-state index contributed by atoms with van der Waals surface area (Å²) in [6.45, 7) is 0.311. The lowest BCUT2D eigenvalue weighted by Gasteiger charge is -2.03. The van der Waals surface area contributed by atoms with Crippen LogP contribution in [0.25, 0.3) is 0 Å². The van der Waals surface area contributed by atoms with Crippen molar-refractivity contribution in [2.24, 2.45) is 5.73 Å². The molecule has 0 saturated heterocycles. The number of rotatable bonds is 7. The van der Waals surface area contributed by atoms with Crippen LogP contribution in [0, 0.1) is 0 Å². The number of carbonyl (C=O) groups is 1. The van der Waals surface area contributed by atoms with E-state index in [0.29, 0.717) is 19.4 Å². The van der Waals surface area contributed by atoms with Gasteiger partial charge in [-0.3, -0.25) is 4.79 Å². The van der Waals surface area contributed by atoms with E-state index in [4.69, 9.17) is 5.73 Å². The predicted octanol–water partition coefficient (Wildman–Crippen LogP) is 1.44. The first-order chi connectivity index (χ1) is 7.92. The molecule has 5 nitrogen and oxygen atoms in total. The maximum absolute atomic E-state index is 11.7. The lowest BCUT2D eigenvalue weighted by Crippen LogP contribution is -2.24. The fourth-order valence-electron chi connectivity index (χ4n) is 1.14. The molecule has 8 heteroatoms. The van der Waals surface area contributed by atoms with E-state index in [0.717, 1.165) is 15.1 Å². The summed E-state index contributed by atoms with van der Waals surface area (Å²) in [6, 6.07) is 3.23. The first-order valence-electron chi connectivity index (χ1n) is 4.95. The summed E-state index contributed by atoms with van der Waals surface area (Å²) in [5, 5.41) is 0. The van der Waals surface area contributed by atoms with E-state index < -0.39 is 10.0 Å². The second-order valence-electron chi connectivity index (χ2n) is 3.38. The summed E-state index contributed by atoms with van der Waals surface area (Å²) >= 11 is 4.36. The normalized spacial score (nSPS) is 11.6. The molecular formula is C9H13BrN2O3S2. The van der Waals surface area contributed by atoms with E-state index in [1.807, 2.05) is 0 Å². The number of nitrogens with two attached hydrogens (primary N) is 1. The molecule has 0 bridgehead atoms. The topological polar surface area (TPSA) is 89.3 Å². The lowest BCUT2D eigenvalue weighted by molar-refractivity contribution is -0.118. The maximum Gasteiger partial charge on any atom is 0.250 e. The summed E-state index contributed by atoms with van der Waals surface area (Å²) in [5.41, 5.74) is 4.97. The van der Waals surface area contributed by atoms with Crippen LogP contribution in [0.15, 0.2) is 20.1 Å². The number of nitrogens with one attached hydrogen (secondary N) is 1. The number of halogens is 1. The minimum absolute atomic E-state index is 0.277. The molecule has 96 valence electrons. The molecule has 0 unspecified atom stereocenters. The third-order valence-corrected chi connectivity index (χ3v) is 5.53. The highest BCUT2D eigenvalue weighted by Gasteiger charge is 2.15. The van der Waals surface area contributed by atoms with Gasteiger partial charge < -0.3 is 5.73 Å². The van der Waals surface area contributed by atoms with Crippen LogP contribution in [0.5, 0.6) is 0 Å². The SMILES string of the molecule is NC(=O)CCCCNS(=O)(=O)c1ccc(Br)s1. The zero-order valence-corrected chi connectivity index (χ0v) is 12.2. The summed E-state index contributed by atoms with van der Waals surface area (Å²) < 4.78 is 27.0. The van der Waals surface area contributed by atoms with Crippen molar-refractivity contribution in [3.05, 3.63) is 15.9 Å². The average Bonchev–Trinajstić information content (AvgIpc) is 2.64. The molecule has 1 aromatic rings. The number of hydrogen-bond donors (Lipinski definition) is 2. The van der Waals surface area contributed by atoms with Gasteiger partial charge in [-0.05, 0) is 40.9 Å². The number of carbonyl (C=O) groups excluding carboxylic acids is 1. The van der Waals surface area contributed by atoms with Crippen molar-refractivity contribution in [3.8, 4) is 0 Å². The first kappa shape index (κ1) is 14.6. The Balaban J connectivity index is 2.38. The Bertz CT molecular complexity index is 484. The zero-order valence-electron chi connectivity index (χ0n) is 8.98. The van der Waals surface area contributed by atoms with E-state index >= 15 is 0 Å². The van der Waals surface area contributed by atoms with Gasteiger partial charge in [-0.15, -0.1) is 11.3 Å². The second-order valence-corrected chi connectivity index (χ2v) is 7.84. The van der Waals surface area contributed by atoms with Crippen molar-refractivity contribution < 1.29 is 13.2 Å². The van der Waals surface area contributed by atoms with Gasteiger partial charge >= 0.3 is 0 Å². The minimum atomic E-state index is -3.42. The van der Waals surface area contributed by atoms with Crippen LogP contribution >= 0.6 is 27.3 Å². The van der Waals surface area contributed by atoms with Gasteiger partial charge in [0.1, 0.15) is 4.21 Å². The number of primary amides is 1. The highest BCUT2D eigenvalue weighted by Crippen LogP contribution is 2.25. The van der Waals surface area contributed by atoms with E-state index in [1.165, 1.54) is 0 Å². The van der Waals surface area contributed by atoms with Crippen molar-refractivity contribution >= 4 is 43.2 Å². The van der Waals surface area contributed by atoms with Crippen molar-refractivity contribution in [2.75, 3.05) is 6.54 Å². The summed E-state index contributed by atoms with van der Waals surface area (Å²) in [7, 11) is -3.42. The number of hydrogen-bond acceptors (Lipinski definition) is 4. The molecule has 0 radical (unpaired) electrons. The van der Waals surface area contributed by atoms with Gasteiger partial charge in [-0.2, -0.15) is 0 Å². The molecule has 0 aliphatic carbocycles. The number of unbranched alkanes of at least 4 members (excludes halogenated alkanes) is 1. The number of sulfonamides is 1. The van der Waals surface area contributed by atoms with E-state index in [1.54, 1.807) is 12.1 Å². The van der Waals surface area contributed by atoms with E-state index in [9.17, 15) is 13.2 Å². The van der Waals surface area contributed by atoms with Crippen LogP contribution in [0.2, 0.25) is 0 Å². The molecule has 1 heterocycles. The molecule has 0 spiro atoms. The molecule has 0 saturated carbocycles. The Morgan fingerprint density at radius 3 is 2.65 bits per heavy atom. The third-order valence-electron chi connectivity index (χ3n) is 1.96. The van der Waals surface area contributed by atoms with E-state index in [-0.39, 0.29) is 16.5 Å². The van der Waals surface area contributed by atoms with Crippen molar-refractivity contribution in [3.63, 3.8) is 0 Å². The molecule has 1 rings (SSSR count). The Morgan fingerprint density at radius 2 is 2.12 bits per heavy atom. The molecule has 0 atom stereocenters. The Kier molecular flexibility index (Phi) is 5.57. The van der Waals surface area contributed by atoms with Crippen LogP contribution in [-0.2, 0) is 14.8 Å². The number of thiophene rings is 1. The van der Waals surface area contributed by atoms with Crippen LogP contribution in [0.3, 0.4) is 0 Å². The van der Waals surface area contributed by atoms with Gasteiger partial charge in [-0.1, -0.05) is 0 Å². The quantitative estimate of drug-likeness (QED) is 0.736. The lowest BCUT2D eigenvalue weighted by atomic mass is 10.2. The largest absolute Gasteiger partial charge is 0.370 e. The fraction of sp³-hybridized carbons (Fsp3) is 0.444. The molecule has 0 aliphatic rings. The Labute approximate surface area is 113 Å². The maximum atomic E-state index is 11.7. The van der Waals surface area contributed by atoms with Crippen LogP contribution in [-0.4, -0.2) is 20.9 Å². The molecule has 0 aromatic carbocycles. The van der Waals surface area contributed by atoms with Crippen LogP contribution < -0.4 is 10.5 Å². The predicted molar refractivity (Wildman–Crippen MR) is 70.3 cm³/mol. The van der Waals surface area contributed by atoms with Gasteiger partial charge in [0.05, 0.1) is 3.79 Å². The molecular weight excluding hydrogens is 328 g/mol. The van der Waals surface area contributed by atoms with Gasteiger partial charge in [0.25, 0.3) is 0 Å². The van der Waals surface area contributed by atoms with Crippen molar-refractivity contribution in [2.45, 2.75) is 23.5 Å². The summed E-state index contributed by atoms with van der Waals surface area (Å²) in [5.74, 6) is -0.366. The summed E-state index contributed by atoms with van der Waals surface area (Å²) in [4.78, 5) is 10.5. The second kappa shape index (κ2) is 6.48. The van der Waals surface area contributed by atoms with Crippen molar-refractivity contribution in [1.29, 1.82) is 0 Å². The van der Waals surface area contributed by atoms with E-state index in [2.05, 4.69) is 20.7 Å². The molecule has 1 amide bonds. The highest BCUT2D eigenvalue weighted by molar-refractivity contribution is 9.11. The van der Waals surface area contributed by atoms with Gasteiger partial charge in [0.2, 0.25) is 15.9 Å². The smallest absolute Gasteiger partial charge is 0.250 e. The average molecular weight is 341 g/mol. The first-order valence-corrected chi connectivity index (χ1v) is 8.04. The molecule has 1 aromatic heterocycles. The molecule has 3 N–H and O–H groups in total. The van der Waals surface area contributed by atoms with Crippen LogP contribution in [0.4, 0.5) is 0 Å². The minimum Gasteiger partial charge on any atom is -0.370 e. The van der Waals surface area contributed by atoms with Gasteiger partial charge in [0.15, 0.2) is 0 Å². The van der Waals surface area contributed by atoms with Gasteiger partial charge in [0, 0.05) is 13.0 Å². The third kappa shape index (κ3) is 5.15. The number of amides is 1. The Hall–Kier alpha value is -0.440.